The van der Waals surface area contributed by atoms with Crippen LogP contribution in [0.1, 0.15) is 27.2 Å². The molecule has 1 atom stereocenters. The van der Waals surface area contributed by atoms with Crippen LogP contribution in [-0.4, -0.2) is 83.8 Å². The van der Waals surface area contributed by atoms with E-state index in [0.717, 1.165) is 26.2 Å². The predicted octanol–water partition coefficient (Wildman–Crippen LogP) is -0.724. The van der Waals surface area contributed by atoms with Gasteiger partial charge in [-0.3, -0.25) is 29.1 Å². The van der Waals surface area contributed by atoms with E-state index in [1.807, 2.05) is 20.8 Å². The first kappa shape index (κ1) is 16.9. The number of rotatable bonds is 5. The van der Waals surface area contributed by atoms with Gasteiger partial charge in [0.05, 0.1) is 19.0 Å². The molecule has 0 aromatic rings. The van der Waals surface area contributed by atoms with E-state index >= 15 is 0 Å². The van der Waals surface area contributed by atoms with Crippen LogP contribution in [0.15, 0.2) is 0 Å². The molecule has 124 valence electrons. The number of hydrogen-bond donors (Lipinski definition) is 1. The van der Waals surface area contributed by atoms with Crippen molar-refractivity contribution in [1.29, 1.82) is 0 Å². The number of hydrogen-bond acceptors (Lipinski definition) is 5. The van der Waals surface area contributed by atoms with Gasteiger partial charge in [-0.1, -0.05) is 0 Å². The van der Waals surface area contributed by atoms with E-state index in [1.165, 1.54) is 4.90 Å². The summed E-state index contributed by atoms with van der Waals surface area (Å²) in [5, 5.41) is 2.88. The molecule has 2 saturated heterocycles. The number of imide groups is 1. The molecular weight excluding hydrogens is 284 g/mol. The maximum Gasteiger partial charge on any atom is 0.247 e. The topological polar surface area (TPSA) is 73.0 Å². The lowest BCUT2D eigenvalue weighted by Gasteiger charge is -2.36. The minimum Gasteiger partial charge on any atom is -0.353 e. The van der Waals surface area contributed by atoms with Gasteiger partial charge in [-0.2, -0.15) is 0 Å². The van der Waals surface area contributed by atoms with Crippen LogP contribution in [0.5, 0.6) is 0 Å². The number of nitrogens with zero attached hydrogens (tertiary/aromatic N) is 3. The number of nitrogens with one attached hydrogen (secondary N) is 1. The van der Waals surface area contributed by atoms with Crippen LogP contribution in [0.25, 0.3) is 0 Å². The van der Waals surface area contributed by atoms with Crippen LogP contribution in [-0.2, 0) is 14.4 Å². The summed E-state index contributed by atoms with van der Waals surface area (Å²) in [6.07, 6.45) is 0.292. The number of likely N-dealkylation sites (N-methyl/N-ethyl adjacent to an activating group) is 1. The van der Waals surface area contributed by atoms with E-state index in [0.29, 0.717) is 19.5 Å². The standard InChI is InChI=1S/C15H26N4O3/c1-4-19-14(21)9-12(15(19)22)18-7-5-17(6-8-18)10-13(20)16-11(2)3/h11-12H,4-10H2,1-3H3,(H,16,20)/t12-/m0/s1. The lowest BCUT2D eigenvalue weighted by Crippen LogP contribution is -2.54. The molecule has 1 N–H and O–H groups in total. The Bertz CT molecular complexity index is 444. The fourth-order valence-electron chi connectivity index (χ4n) is 3.09. The minimum atomic E-state index is -0.306. The summed E-state index contributed by atoms with van der Waals surface area (Å²) in [5.74, 6) is -0.109. The van der Waals surface area contributed by atoms with Crippen molar-refractivity contribution in [3.63, 3.8) is 0 Å². The van der Waals surface area contributed by atoms with Crippen molar-refractivity contribution in [2.75, 3.05) is 39.3 Å². The Kier molecular flexibility index (Phi) is 5.52. The molecule has 2 heterocycles. The molecular formula is C15H26N4O3. The van der Waals surface area contributed by atoms with Gasteiger partial charge in [0.2, 0.25) is 17.7 Å². The highest BCUT2D eigenvalue weighted by Gasteiger charge is 2.41. The fraction of sp³-hybridized carbons (Fsp3) is 0.800. The molecule has 0 saturated carbocycles. The fourth-order valence-corrected chi connectivity index (χ4v) is 3.09. The van der Waals surface area contributed by atoms with Crippen LogP contribution in [0.4, 0.5) is 0 Å². The molecule has 7 heteroatoms. The second-order valence-electron chi connectivity index (χ2n) is 6.23. The number of amides is 3. The minimum absolute atomic E-state index is 0.0349. The van der Waals surface area contributed by atoms with E-state index in [4.69, 9.17) is 0 Å². The Morgan fingerprint density at radius 1 is 1.23 bits per heavy atom. The first-order valence-electron chi connectivity index (χ1n) is 8.02. The molecule has 0 radical (unpaired) electrons. The zero-order valence-electron chi connectivity index (χ0n) is 13.7. The van der Waals surface area contributed by atoms with Crippen molar-refractivity contribution in [3.8, 4) is 0 Å². The predicted molar refractivity (Wildman–Crippen MR) is 82.1 cm³/mol. The van der Waals surface area contributed by atoms with Gasteiger partial charge in [0.25, 0.3) is 0 Å². The summed E-state index contributed by atoms with van der Waals surface area (Å²) < 4.78 is 0. The molecule has 7 nitrogen and oxygen atoms in total. The Balaban J connectivity index is 1.81. The van der Waals surface area contributed by atoms with Crippen molar-refractivity contribution in [2.45, 2.75) is 39.3 Å². The smallest absolute Gasteiger partial charge is 0.247 e. The number of likely N-dealkylation sites (tertiary alicyclic amines) is 1. The third-order valence-corrected chi connectivity index (χ3v) is 4.20. The van der Waals surface area contributed by atoms with Crippen molar-refractivity contribution in [1.82, 2.24) is 20.0 Å². The van der Waals surface area contributed by atoms with Gasteiger partial charge in [0.1, 0.15) is 0 Å². The lowest BCUT2D eigenvalue weighted by molar-refractivity contribution is -0.139. The second-order valence-corrected chi connectivity index (χ2v) is 6.23. The normalized spacial score (nSPS) is 24.4. The van der Waals surface area contributed by atoms with Gasteiger partial charge in [-0.15, -0.1) is 0 Å². The van der Waals surface area contributed by atoms with Gasteiger partial charge in [-0.05, 0) is 20.8 Å². The van der Waals surface area contributed by atoms with Gasteiger partial charge >= 0.3 is 0 Å². The molecule has 0 aromatic heterocycles. The Hall–Kier alpha value is -1.47. The third-order valence-electron chi connectivity index (χ3n) is 4.20. The van der Waals surface area contributed by atoms with Gasteiger partial charge in [0.15, 0.2) is 0 Å². The highest BCUT2D eigenvalue weighted by molar-refractivity contribution is 6.05. The molecule has 2 aliphatic heterocycles. The van der Waals surface area contributed by atoms with Crippen LogP contribution in [0, 0.1) is 0 Å². The highest BCUT2D eigenvalue weighted by atomic mass is 16.2. The Morgan fingerprint density at radius 3 is 2.36 bits per heavy atom. The number of piperazine rings is 1. The molecule has 2 rings (SSSR count). The summed E-state index contributed by atoms with van der Waals surface area (Å²) >= 11 is 0. The van der Waals surface area contributed by atoms with E-state index in [1.54, 1.807) is 0 Å². The largest absolute Gasteiger partial charge is 0.353 e. The van der Waals surface area contributed by atoms with Crippen LogP contribution >= 0.6 is 0 Å². The summed E-state index contributed by atoms with van der Waals surface area (Å²) in [6, 6.07) is -0.157. The van der Waals surface area contributed by atoms with Gasteiger partial charge in [0, 0.05) is 38.8 Å². The third kappa shape index (κ3) is 3.84. The molecule has 22 heavy (non-hydrogen) atoms. The summed E-state index contributed by atoms with van der Waals surface area (Å²) in [7, 11) is 0. The Morgan fingerprint density at radius 2 is 1.86 bits per heavy atom. The quantitative estimate of drug-likeness (QED) is 0.678. The molecule has 3 amide bonds. The maximum atomic E-state index is 12.2. The van der Waals surface area contributed by atoms with E-state index in [9.17, 15) is 14.4 Å². The first-order valence-corrected chi connectivity index (χ1v) is 8.02. The van der Waals surface area contributed by atoms with Gasteiger partial charge in [-0.25, -0.2) is 0 Å². The van der Waals surface area contributed by atoms with Crippen LogP contribution in [0.3, 0.4) is 0 Å². The molecule has 0 aliphatic carbocycles. The molecule has 2 aliphatic rings. The number of carbonyl (C=O) groups excluding carboxylic acids is 3. The number of carbonyl (C=O) groups is 3. The average molecular weight is 310 g/mol. The highest BCUT2D eigenvalue weighted by Crippen LogP contribution is 2.19. The lowest BCUT2D eigenvalue weighted by atomic mass is 10.1. The maximum absolute atomic E-state index is 12.2. The zero-order chi connectivity index (χ0) is 16.3. The van der Waals surface area contributed by atoms with Crippen molar-refractivity contribution in [2.24, 2.45) is 0 Å². The second kappa shape index (κ2) is 7.19. The van der Waals surface area contributed by atoms with E-state index in [-0.39, 0.29) is 29.8 Å². The van der Waals surface area contributed by atoms with E-state index < -0.39 is 0 Å². The van der Waals surface area contributed by atoms with Crippen molar-refractivity contribution >= 4 is 17.7 Å². The van der Waals surface area contributed by atoms with Crippen LogP contribution < -0.4 is 5.32 Å². The Labute approximate surface area is 131 Å². The monoisotopic (exact) mass is 310 g/mol. The summed E-state index contributed by atoms with van der Waals surface area (Å²) in [6.45, 7) is 9.48. The van der Waals surface area contributed by atoms with E-state index in [2.05, 4.69) is 15.1 Å². The van der Waals surface area contributed by atoms with Crippen LogP contribution in [0.2, 0.25) is 0 Å². The molecule has 0 bridgehead atoms. The van der Waals surface area contributed by atoms with Crippen molar-refractivity contribution < 1.29 is 14.4 Å². The SMILES string of the molecule is CCN1C(=O)C[C@H](N2CCN(CC(=O)NC(C)C)CC2)C1=O. The summed E-state index contributed by atoms with van der Waals surface area (Å²) in [5.41, 5.74) is 0. The molecule has 0 unspecified atom stereocenters. The molecule has 2 fully saturated rings. The molecule has 0 spiro atoms. The van der Waals surface area contributed by atoms with Gasteiger partial charge < -0.3 is 5.32 Å². The molecule has 0 aromatic carbocycles. The average Bonchev–Trinajstić information content (AvgIpc) is 2.73. The summed E-state index contributed by atoms with van der Waals surface area (Å²) in [4.78, 5) is 41.3. The van der Waals surface area contributed by atoms with Crippen molar-refractivity contribution in [3.05, 3.63) is 0 Å². The first-order chi connectivity index (χ1) is 10.4. The zero-order valence-corrected chi connectivity index (χ0v) is 13.7.